The maximum atomic E-state index is 4.65. The fraction of sp³-hybridized carbons (Fsp3) is 0.917. The molecule has 0 amide bonds. The Morgan fingerprint density at radius 1 is 1.40 bits per heavy atom. The fourth-order valence-electron chi connectivity index (χ4n) is 2.09. The molecule has 2 fully saturated rings. The highest BCUT2D eigenvalue weighted by Gasteiger charge is 2.21. The highest BCUT2D eigenvalue weighted by molar-refractivity contribution is 8.14. The second kappa shape index (κ2) is 5.24. The van der Waals surface area contributed by atoms with Crippen molar-refractivity contribution in [1.29, 1.82) is 0 Å². The van der Waals surface area contributed by atoms with Crippen LogP contribution in [0, 0.1) is 5.92 Å². The zero-order valence-electron chi connectivity index (χ0n) is 9.83. The van der Waals surface area contributed by atoms with E-state index in [0.29, 0.717) is 6.04 Å². The van der Waals surface area contributed by atoms with Gasteiger partial charge in [-0.3, -0.25) is 4.99 Å². The van der Waals surface area contributed by atoms with Crippen molar-refractivity contribution in [3.8, 4) is 0 Å². The fourth-order valence-corrected chi connectivity index (χ4v) is 3.29. The van der Waals surface area contributed by atoms with Gasteiger partial charge >= 0.3 is 0 Å². The molecule has 1 heterocycles. The third-order valence-corrected chi connectivity index (χ3v) is 4.16. The van der Waals surface area contributed by atoms with Crippen LogP contribution in [0.25, 0.3) is 0 Å². The Labute approximate surface area is 97.3 Å². The average Bonchev–Trinajstić information content (AvgIpc) is 2.94. The molecule has 2 unspecified atom stereocenters. The molecular formula is C12H22N2S. The SMILES string of the molecule is CC1CC(C)SC(=NCCCC2CC2)N1. The summed E-state index contributed by atoms with van der Waals surface area (Å²) in [6.45, 7) is 5.56. The van der Waals surface area contributed by atoms with Gasteiger partial charge in [0, 0.05) is 17.8 Å². The van der Waals surface area contributed by atoms with Gasteiger partial charge in [0.2, 0.25) is 0 Å². The van der Waals surface area contributed by atoms with Crippen molar-refractivity contribution in [3.63, 3.8) is 0 Å². The van der Waals surface area contributed by atoms with E-state index < -0.39 is 0 Å². The van der Waals surface area contributed by atoms with Crippen molar-refractivity contribution >= 4 is 16.9 Å². The standard InChI is InChI=1S/C12H22N2S/c1-9-8-10(2)15-12(14-9)13-7-3-4-11-5-6-11/h9-11H,3-8H2,1-2H3,(H,13,14). The van der Waals surface area contributed by atoms with Gasteiger partial charge in [-0.05, 0) is 32.1 Å². The Hall–Kier alpha value is -0.180. The molecule has 3 heteroatoms. The molecule has 0 aromatic rings. The second-order valence-corrected chi connectivity index (χ2v) is 6.41. The van der Waals surface area contributed by atoms with Crippen LogP contribution in [0.4, 0.5) is 0 Å². The molecule has 1 N–H and O–H groups in total. The summed E-state index contributed by atoms with van der Waals surface area (Å²) in [6.07, 6.45) is 6.87. The molecule has 1 saturated heterocycles. The maximum absolute atomic E-state index is 4.65. The summed E-state index contributed by atoms with van der Waals surface area (Å²) >= 11 is 1.90. The van der Waals surface area contributed by atoms with E-state index in [0.717, 1.165) is 17.7 Å². The van der Waals surface area contributed by atoms with Crippen LogP contribution in [-0.4, -0.2) is 23.0 Å². The van der Waals surface area contributed by atoms with Gasteiger partial charge in [-0.15, -0.1) is 0 Å². The number of amidine groups is 1. The van der Waals surface area contributed by atoms with E-state index in [4.69, 9.17) is 0 Å². The number of thioether (sulfide) groups is 1. The normalized spacial score (nSPS) is 34.1. The lowest BCUT2D eigenvalue weighted by atomic mass is 10.2. The predicted molar refractivity (Wildman–Crippen MR) is 68.5 cm³/mol. The highest BCUT2D eigenvalue weighted by atomic mass is 32.2. The summed E-state index contributed by atoms with van der Waals surface area (Å²) in [4.78, 5) is 4.65. The minimum atomic E-state index is 0.600. The summed E-state index contributed by atoms with van der Waals surface area (Å²) in [5.74, 6) is 1.05. The van der Waals surface area contributed by atoms with Gasteiger partial charge < -0.3 is 5.32 Å². The number of nitrogens with one attached hydrogen (secondary N) is 1. The number of nitrogens with zero attached hydrogens (tertiary/aromatic N) is 1. The maximum Gasteiger partial charge on any atom is 0.157 e. The molecule has 2 aliphatic rings. The molecular weight excluding hydrogens is 204 g/mol. The van der Waals surface area contributed by atoms with Crippen LogP contribution in [-0.2, 0) is 0 Å². The molecule has 0 spiro atoms. The lowest BCUT2D eigenvalue weighted by Crippen LogP contribution is -2.38. The second-order valence-electron chi connectivity index (χ2n) is 4.98. The van der Waals surface area contributed by atoms with Gasteiger partial charge in [0.05, 0.1) is 0 Å². The van der Waals surface area contributed by atoms with E-state index in [-0.39, 0.29) is 0 Å². The quantitative estimate of drug-likeness (QED) is 0.745. The van der Waals surface area contributed by atoms with Crippen molar-refractivity contribution in [2.24, 2.45) is 10.9 Å². The third-order valence-electron chi connectivity index (χ3n) is 3.09. The lowest BCUT2D eigenvalue weighted by Gasteiger charge is -2.26. The largest absolute Gasteiger partial charge is 0.362 e. The Morgan fingerprint density at radius 3 is 2.87 bits per heavy atom. The molecule has 15 heavy (non-hydrogen) atoms. The summed E-state index contributed by atoms with van der Waals surface area (Å²) in [6, 6.07) is 0.600. The Kier molecular flexibility index (Phi) is 3.95. The Bertz CT molecular complexity index is 224. The van der Waals surface area contributed by atoms with Crippen LogP contribution in [0.15, 0.2) is 4.99 Å². The Balaban J connectivity index is 1.68. The van der Waals surface area contributed by atoms with Gasteiger partial charge in [-0.1, -0.05) is 31.5 Å². The van der Waals surface area contributed by atoms with Crippen molar-refractivity contribution in [3.05, 3.63) is 0 Å². The summed E-state index contributed by atoms with van der Waals surface area (Å²) in [5.41, 5.74) is 0. The molecule has 0 bridgehead atoms. The summed E-state index contributed by atoms with van der Waals surface area (Å²) in [5, 5.41) is 5.37. The summed E-state index contributed by atoms with van der Waals surface area (Å²) < 4.78 is 0. The molecule has 1 aliphatic heterocycles. The molecule has 1 aliphatic carbocycles. The van der Waals surface area contributed by atoms with Crippen LogP contribution in [0.1, 0.15) is 46.0 Å². The van der Waals surface area contributed by atoms with Crippen LogP contribution >= 0.6 is 11.8 Å². The molecule has 2 rings (SSSR count). The minimum absolute atomic E-state index is 0.600. The smallest absolute Gasteiger partial charge is 0.157 e. The first kappa shape index (κ1) is 11.3. The van der Waals surface area contributed by atoms with E-state index >= 15 is 0 Å². The van der Waals surface area contributed by atoms with E-state index in [9.17, 15) is 0 Å². The van der Waals surface area contributed by atoms with Crippen LogP contribution in [0.3, 0.4) is 0 Å². The van der Waals surface area contributed by atoms with E-state index in [2.05, 4.69) is 24.2 Å². The van der Waals surface area contributed by atoms with E-state index in [1.54, 1.807) is 0 Å². The van der Waals surface area contributed by atoms with Gasteiger partial charge in [-0.25, -0.2) is 0 Å². The van der Waals surface area contributed by atoms with Gasteiger partial charge in [0.1, 0.15) is 0 Å². The monoisotopic (exact) mass is 226 g/mol. The zero-order valence-corrected chi connectivity index (χ0v) is 10.6. The molecule has 2 atom stereocenters. The van der Waals surface area contributed by atoms with E-state index in [1.165, 1.54) is 37.3 Å². The molecule has 86 valence electrons. The van der Waals surface area contributed by atoms with E-state index in [1.807, 2.05) is 11.8 Å². The molecule has 0 aromatic heterocycles. The number of rotatable bonds is 4. The third kappa shape index (κ3) is 4.06. The lowest BCUT2D eigenvalue weighted by molar-refractivity contribution is 0.596. The first-order valence-corrected chi connectivity index (χ1v) is 7.09. The average molecular weight is 226 g/mol. The predicted octanol–water partition coefficient (Wildman–Crippen LogP) is 3.04. The highest BCUT2D eigenvalue weighted by Crippen LogP contribution is 2.33. The number of aliphatic imine (C=N–C) groups is 1. The van der Waals surface area contributed by atoms with Gasteiger partial charge in [-0.2, -0.15) is 0 Å². The minimum Gasteiger partial charge on any atom is -0.362 e. The molecule has 0 aromatic carbocycles. The topological polar surface area (TPSA) is 24.4 Å². The molecule has 0 radical (unpaired) electrons. The Morgan fingerprint density at radius 2 is 2.20 bits per heavy atom. The summed E-state index contributed by atoms with van der Waals surface area (Å²) in [7, 11) is 0. The van der Waals surface area contributed by atoms with Crippen molar-refractivity contribution in [2.75, 3.05) is 6.54 Å². The van der Waals surface area contributed by atoms with Crippen molar-refractivity contribution in [1.82, 2.24) is 5.32 Å². The van der Waals surface area contributed by atoms with Crippen LogP contribution < -0.4 is 5.32 Å². The van der Waals surface area contributed by atoms with Crippen molar-refractivity contribution < 1.29 is 0 Å². The van der Waals surface area contributed by atoms with Gasteiger partial charge in [0.15, 0.2) is 5.17 Å². The van der Waals surface area contributed by atoms with Crippen LogP contribution in [0.2, 0.25) is 0 Å². The van der Waals surface area contributed by atoms with Crippen LogP contribution in [0.5, 0.6) is 0 Å². The first-order chi connectivity index (χ1) is 7.24. The van der Waals surface area contributed by atoms with Crippen molar-refractivity contribution in [2.45, 2.75) is 57.2 Å². The first-order valence-electron chi connectivity index (χ1n) is 6.21. The number of hydrogen-bond acceptors (Lipinski definition) is 2. The molecule has 1 saturated carbocycles. The number of hydrogen-bond donors (Lipinski definition) is 1. The molecule has 2 nitrogen and oxygen atoms in total. The zero-order chi connectivity index (χ0) is 10.7. The van der Waals surface area contributed by atoms with Gasteiger partial charge in [0.25, 0.3) is 0 Å².